The monoisotopic (exact) mass is 273 g/mol. The summed E-state index contributed by atoms with van der Waals surface area (Å²) in [5.74, 6) is 1.14. The van der Waals surface area contributed by atoms with Gasteiger partial charge in [-0.05, 0) is 29.3 Å². The molecule has 0 aromatic carbocycles. The third-order valence-corrected chi connectivity index (χ3v) is 2.78. The van der Waals surface area contributed by atoms with Gasteiger partial charge in [0.25, 0.3) is 0 Å². The average molecular weight is 274 g/mol. The van der Waals surface area contributed by atoms with E-state index in [1.165, 1.54) is 0 Å². The molecule has 0 aliphatic heterocycles. The molecule has 0 saturated heterocycles. The molecule has 1 rings (SSSR count). The molecular weight excluding hydrogens is 258 g/mol. The van der Waals surface area contributed by atoms with Crippen LogP contribution in [0, 0.1) is 0 Å². The van der Waals surface area contributed by atoms with Gasteiger partial charge in [0.15, 0.2) is 5.82 Å². The fourth-order valence-corrected chi connectivity index (χ4v) is 1.60. The van der Waals surface area contributed by atoms with E-state index in [-0.39, 0.29) is 0 Å². The van der Waals surface area contributed by atoms with Gasteiger partial charge < -0.3 is 10.5 Å². The van der Waals surface area contributed by atoms with Crippen LogP contribution in [0.25, 0.3) is 0 Å². The van der Waals surface area contributed by atoms with Crippen LogP contribution >= 0.6 is 15.9 Å². The number of nitrogen functional groups attached to an aromatic ring is 1. The van der Waals surface area contributed by atoms with E-state index in [0.717, 1.165) is 23.0 Å². The molecule has 0 bridgehead atoms. The highest BCUT2D eigenvalue weighted by Gasteiger charge is 2.09. The zero-order valence-electron chi connectivity index (χ0n) is 9.09. The maximum atomic E-state index is 5.77. The standard InChI is InChI=1S/C10H16BrN3O/c1-3-5-7-9(11)10(12)14-8(13-7)6-15-4-2/h3-6H2,1-2H3,(H2,12,13,14). The molecule has 1 aromatic rings. The Morgan fingerprint density at radius 2 is 2.07 bits per heavy atom. The van der Waals surface area contributed by atoms with Gasteiger partial charge in [-0.3, -0.25) is 0 Å². The highest BCUT2D eigenvalue weighted by molar-refractivity contribution is 9.10. The van der Waals surface area contributed by atoms with Gasteiger partial charge in [-0.25, -0.2) is 9.97 Å². The van der Waals surface area contributed by atoms with Crippen LogP contribution in [-0.4, -0.2) is 16.6 Å². The summed E-state index contributed by atoms with van der Waals surface area (Å²) in [4.78, 5) is 8.55. The Bertz CT molecular complexity index is 331. The van der Waals surface area contributed by atoms with E-state index in [0.29, 0.717) is 24.9 Å². The van der Waals surface area contributed by atoms with Gasteiger partial charge in [0.2, 0.25) is 0 Å². The van der Waals surface area contributed by atoms with Gasteiger partial charge in [0.05, 0.1) is 10.2 Å². The molecule has 0 atom stereocenters. The Balaban J connectivity index is 2.90. The van der Waals surface area contributed by atoms with E-state index in [2.05, 4.69) is 32.8 Å². The van der Waals surface area contributed by atoms with E-state index >= 15 is 0 Å². The molecule has 15 heavy (non-hydrogen) atoms. The largest absolute Gasteiger partial charge is 0.383 e. The third-order valence-electron chi connectivity index (χ3n) is 1.91. The first-order valence-electron chi connectivity index (χ1n) is 5.07. The lowest BCUT2D eigenvalue weighted by atomic mass is 10.2. The van der Waals surface area contributed by atoms with Gasteiger partial charge in [0.1, 0.15) is 12.4 Å². The van der Waals surface area contributed by atoms with E-state index in [1.54, 1.807) is 0 Å². The number of nitrogens with two attached hydrogens (primary N) is 1. The van der Waals surface area contributed by atoms with Crippen LogP contribution in [0.4, 0.5) is 5.82 Å². The highest BCUT2D eigenvalue weighted by atomic mass is 79.9. The fraction of sp³-hybridized carbons (Fsp3) is 0.600. The summed E-state index contributed by atoms with van der Waals surface area (Å²) in [7, 11) is 0. The van der Waals surface area contributed by atoms with E-state index in [1.807, 2.05) is 6.92 Å². The van der Waals surface area contributed by atoms with Gasteiger partial charge in [0, 0.05) is 6.61 Å². The lowest BCUT2D eigenvalue weighted by Crippen LogP contribution is -2.07. The Hall–Kier alpha value is -0.680. The van der Waals surface area contributed by atoms with Gasteiger partial charge >= 0.3 is 0 Å². The summed E-state index contributed by atoms with van der Waals surface area (Å²) in [5, 5.41) is 0. The van der Waals surface area contributed by atoms with Crippen molar-refractivity contribution in [2.24, 2.45) is 0 Å². The molecular formula is C10H16BrN3O. The zero-order chi connectivity index (χ0) is 11.3. The van der Waals surface area contributed by atoms with Crippen LogP contribution in [0.15, 0.2) is 4.47 Å². The molecule has 84 valence electrons. The molecule has 0 unspecified atom stereocenters. The Morgan fingerprint density at radius 3 is 2.67 bits per heavy atom. The number of ether oxygens (including phenoxy) is 1. The fourth-order valence-electron chi connectivity index (χ4n) is 1.23. The first kappa shape index (κ1) is 12.4. The summed E-state index contributed by atoms with van der Waals surface area (Å²) in [5.41, 5.74) is 6.73. The summed E-state index contributed by atoms with van der Waals surface area (Å²) in [6.07, 6.45) is 1.93. The van der Waals surface area contributed by atoms with Crippen molar-refractivity contribution in [2.45, 2.75) is 33.3 Å². The lowest BCUT2D eigenvalue weighted by molar-refractivity contribution is 0.128. The van der Waals surface area contributed by atoms with Gasteiger partial charge in [-0.2, -0.15) is 0 Å². The van der Waals surface area contributed by atoms with E-state index in [4.69, 9.17) is 10.5 Å². The van der Waals surface area contributed by atoms with E-state index in [9.17, 15) is 0 Å². The number of halogens is 1. The molecule has 0 radical (unpaired) electrons. The van der Waals surface area contributed by atoms with Crippen molar-refractivity contribution in [1.82, 2.24) is 9.97 Å². The van der Waals surface area contributed by atoms with Crippen molar-refractivity contribution < 1.29 is 4.74 Å². The average Bonchev–Trinajstić information content (AvgIpc) is 2.22. The maximum Gasteiger partial charge on any atom is 0.156 e. The molecule has 0 aliphatic carbocycles. The molecule has 5 heteroatoms. The molecule has 4 nitrogen and oxygen atoms in total. The minimum atomic E-state index is 0.421. The van der Waals surface area contributed by atoms with Crippen molar-refractivity contribution in [1.29, 1.82) is 0 Å². The SMILES string of the molecule is CCCc1nc(COCC)nc(N)c1Br. The predicted octanol–water partition coefficient (Wildman–Crippen LogP) is 2.31. The Kier molecular flexibility index (Phi) is 4.98. The van der Waals surface area contributed by atoms with Crippen molar-refractivity contribution in [2.75, 3.05) is 12.3 Å². The minimum Gasteiger partial charge on any atom is -0.383 e. The summed E-state index contributed by atoms with van der Waals surface area (Å²) in [6.45, 7) is 5.12. The quantitative estimate of drug-likeness (QED) is 0.895. The van der Waals surface area contributed by atoms with Gasteiger partial charge in [-0.1, -0.05) is 13.3 Å². The number of hydrogen-bond acceptors (Lipinski definition) is 4. The number of rotatable bonds is 5. The molecule has 0 saturated carbocycles. The number of aromatic nitrogens is 2. The molecule has 0 amide bonds. The molecule has 1 heterocycles. The number of aryl methyl sites for hydroxylation is 1. The number of nitrogens with zero attached hydrogens (tertiary/aromatic N) is 2. The lowest BCUT2D eigenvalue weighted by Gasteiger charge is -2.07. The van der Waals surface area contributed by atoms with Crippen LogP contribution in [0.5, 0.6) is 0 Å². The second-order valence-electron chi connectivity index (χ2n) is 3.17. The first-order valence-corrected chi connectivity index (χ1v) is 5.86. The molecule has 0 fully saturated rings. The number of hydrogen-bond donors (Lipinski definition) is 1. The van der Waals surface area contributed by atoms with Crippen molar-refractivity contribution >= 4 is 21.7 Å². The summed E-state index contributed by atoms with van der Waals surface area (Å²) >= 11 is 3.39. The Labute approximate surface area is 98.4 Å². The highest BCUT2D eigenvalue weighted by Crippen LogP contribution is 2.22. The third kappa shape index (κ3) is 3.43. The van der Waals surface area contributed by atoms with Gasteiger partial charge in [-0.15, -0.1) is 0 Å². The van der Waals surface area contributed by atoms with Crippen LogP contribution in [0.1, 0.15) is 31.8 Å². The Morgan fingerprint density at radius 1 is 1.33 bits per heavy atom. The van der Waals surface area contributed by atoms with E-state index < -0.39 is 0 Å². The molecule has 0 spiro atoms. The smallest absolute Gasteiger partial charge is 0.156 e. The minimum absolute atomic E-state index is 0.421. The molecule has 1 aromatic heterocycles. The topological polar surface area (TPSA) is 61.0 Å². The van der Waals surface area contributed by atoms with Crippen molar-refractivity contribution in [3.63, 3.8) is 0 Å². The zero-order valence-corrected chi connectivity index (χ0v) is 10.7. The van der Waals surface area contributed by atoms with Crippen LogP contribution < -0.4 is 5.73 Å². The number of anilines is 1. The first-order chi connectivity index (χ1) is 7.19. The van der Waals surface area contributed by atoms with Crippen LogP contribution in [0.3, 0.4) is 0 Å². The van der Waals surface area contributed by atoms with Crippen LogP contribution in [0.2, 0.25) is 0 Å². The van der Waals surface area contributed by atoms with Crippen molar-refractivity contribution in [3.8, 4) is 0 Å². The second-order valence-corrected chi connectivity index (χ2v) is 3.97. The molecule has 0 aliphatic rings. The predicted molar refractivity (Wildman–Crippen MR) is 63.5 cm³/mol. The van der Waals surface area contributed by atoms with Crippen LogP contribution in [-0.2, 0) is 17.8 Å². The summed E-state index contributed by atoms with van der Waals surface area (Å²) in [6, 6.07) is 0. The van der Waals surface area contributed by atoms with Crippen molar-refractivity contribution in [3.05, 3.63) is 16.0 Å². The second kappa shape index (κ2) is 6.02. The summed E-state index contributed by atoms with van der Waals surface area (Å²) < 4.78 is 6.06. The molecule has 2 N–H and O–H groups in total. The maximum absolute atomic E-state index is 5.77. The normalized spacial score (nSPS) is 10.6.